The number of rotatable bonds is 4. The highest BCUT2D eigenvalue weighted by atomic mass is 35.5. The number of hydrogen-bond donors (Lipinski definition) is 0. The van der Waals surface area contributed by atoms with Crippen molar-refractivity contribution in [3.63, 3.8) is 0 Å². The standard InChI is InChI=1S/C20H22ClNOS/c21-17-9-6-8-16-19(17)23-18-10-3-2-7-15(18)20(16)24-14-13-22-11-4-1-5-12-22/h2-3,6-10,20H,1,4-5,11-14H2. The Hall–Kier alpha value is -1.16. The first-order valence-electron chi connectivity index (χ1n) is 8.72. The molecule has 4 heteroatoms. The summed E-state index contributed by atoms with van der Waals surface area (Å²) in [6.07, 6.45) is 4.09. The topological polar surface area (TPSA) is 12.5 Å². The van der Waals surface area contributed by atoms with E-state index < -0.39 is 0 Å². The Kier molecular flexibility index (Phi) is 5.02. The third-order valence-electron chi connectivity index (χ3n) is 4.83. The Morgan fingerprint density at radius 3 is 2.67 bits per heavy atom. The van der Waals surface area contributed by atoms with Gasteiger partial charge in [-0.25, -0.2) is 0 Å². The maximum atomic E-state index is 6.39. The van der Waals surface area contributed by atoms with Crippen molar-refractivity contribution < 1.29 is 4.74 Å². The summed E-state index contributed by atoms with van der Waals surface area (Å²) < 4.78 is 6.08. The van der Waals surface area contributed by atoms with Crippen molar-refractivity contribution in [3.05, 3.63) is 58.6 Å². The summed E-state index contributed by atoms with van der Waals surface area (Å²) in [6.45, 7) is 3.68. The number of fused-ring (bicyclic) bond motifs is 2. The predicted octanol–water partition coefficient (Wildman–Crippen LogP) is 5.75. The van der Waals surface area contributed by atoms with Crippen LogP contribution in [0.2, 0.25) is 5.02 Å². The van der Waals surface area contributed by atoms with E-state index in [-0.39, 0.29) is 0 Å². The Morgan fingerprint density at radius 1 is 1.00 bits per heavy atom. The van der Waals surface area contributed by atoms with E-state index in [0.717, 1.165) is 17.3 Å². The highest BCUT2D eigenvalue weighted by Gasteiger charge is 2.28. The second-order valence-corrected chi connectivity index (χ2v) is 8.07. The predicted molar refractivity (Wildman–Crippen MR) is 103 cm³/mol. The molecule has 2 aliphatic rings. The Balaban J connectivity index is 1.54. The van der Waals surface area contributed by atoms with E-state index in [4.69, 9.17) is 16.3 Å². The number of thioether (sulfide) groups is 1. The summed E-state index contributed by atoms with van der Waals surface area (Å²) in [4.78, 5) is 2.60. The molecule has 1 atom stereocenters. The lowest BCUT2D eigenvalue weighted by atomic mass is 10.00. The van der Waals surface area contributed by atoms with Gasteiger partial charge < -0.3 is 9.64 Å². The Labute approximate surface area is 153 Å². The zero-order valence-electron chi connectivity index (χ0n) is 13.7. The van der Waals surface area contributed by atoms with Crippen LogP contribution in [0.5, 0.6) is 11.5 Å². The molecule has 2 aromatic rings. The molecule has 2 nitrogen and oxygen atoms in total. The molecule has 24 heavy (non-hydrogen) atoms. The fourth-order valence-corrected chi connectivity index (χ4v) is 5.13. The van der Waals surface area contributed by atoms with E-state index in [1.54, 1.807) is 0 Å². The minimum absolute atomic E-state index is 0.299. The number of hydrogen-bond acceptors (Lipinski definition) is 3. The smallest absolute Gasteiger partial charge is 0.150 e. The molecule has 0 aliphatic carbocycles. The molecule has 1 fully saturated rings. The van der Waals surface area contributed by atoms with Gasteiger partial charge in [-0.1, -0.05) is 48.4 Å². The zero-order valence-corrected chi connectivity index (χ0v) is 15.3. The highest BCUT2D eigenvalue weighted by Crippen LogP contribution is 2.51. The monoisotopic (exact) mass is 359 g/mol. The van der Waals surface area contributed by atoms with Gasteiger partial charge in [-0.2, -0.15) is 0 Å². The molecule has 0 radical (unpaired) electrons. The molecule has 4 rings (SSSR count). The number of halogens is 1. The molecule has 0 bridgehead atoms. The quantitative estimate of drug-likeness (QED) is 0.689. The van der Waals surface area contributed by atoms with Crippen LogP contribution in [0.1, 0.15) is 35.6 Å². The molecule has 1 saturated heterocycles. The first-order valence-corrected chi connectivity index (χ1v) is 10.1. The van der Waals surface area contributed by atoms with E-state index >= 15 is 0 Å². The lowest BCUT2D eigenvalue weighted by Crippen LogP contribution is -2.31. The first-order chi connectivity index (χ1) is 11.8. The summed E-state index contributed by atoms with van der Waals surface area (Å²) in [5.41, 5.74) is 2.46. The molecule has 1 unspecified atom stereocenters. The van der Waals surface area contributed by atoms with Crippen LogP contribution in [0.25, 0.3) is 0 Å². The molecule has 0 N–H and O–H groups in total. The van der Waals surface area contributed by atoms with Gasteiger partial charge in [0.2, 0.25) is 0 Å². The molecular formula is C20H22ClNOS. The summed E-state index contributed by atoms with van der Waals surface area (Å²) in [6, 6.07) is 14.4. The van der Waals surface area contributed by atoms with Crippen molar-refractivity contribution in [1.29, 1.82) is 0 Å². The van der Waals surface area contributed by atoms with Gasteiger partial charge in [-0.3, -0.25) is 0 Å². The molecule has 2 aliphatic heterocycles. The van der Waals surface area contributed by atoms with Crippen LogP contribution in [0, 0.1) is 0 Å². The second kappa shape index (κ2) is 7.38. The third kappa shape index (κ3) is 3.30. The van der Waals surface area contributed by atoms with Crippen molar-refractivity contribution in [2.75, 3.05) is 25.4 Å². The molecule has 2 heterocycles. The second-order valence-electron chi connectivity index (χ2n) is 6.45. The molecule has 0 spiro atoms. The first kappa shape index (κ1) is 16.3. The minimum atomic E-state index is 0.299. The van der Waals surface area contributed by atoms with Gasteiger partial charge in [0.05, 0.1) is 10.3 Å². The summed E-state index contributed by atoms with van der Waals surface area (Å²) in [5.74, 6) is 2.90. The van der Waals surface area contributed by atoms with Gasteiger partial charge in [0.1, 0.15) is 5.75 Å². The van der Waals surface area contributed by atoms with Gasteiger partial charge >= 0.3 is 0 Å². The SMILES string of the molecule is Clc1cccc2c1Oc1ccccc1C2SCCN1CCCCC1. The molecule has 2 aromatic carbocycles. The van der Waals surface area contributed by atoms with Crippen LogP contribution in [-0.2, 0) is 0 Å². The van der Waals surface area contributed by atoms with E-state index in [0.29, 0.717) is 10.3 Å². The van der Waals surface area contributed by atoms with Crippen molar-refractivity contribution in [1.82, 2.24) is 4.90 Å². The largest absolute Gasteiger partial charge is 0.455 e. The maximum Gasteiger partial charge on any atom is 0.150 e. The van der Waals surface area contributed by atoms with Crippen LogP contribution >= 0.6 is 23.4 Å². The molecule has 0 saturated carbocycles. The summed E-state index contributed by atoms with van der Waals surface area (Å²) in [7, 11) is 0. The number of nitrogens with zero attached hydrogens (tertiary/aromatic N) is 1. The summed E-state index contributed by atoms with van der Waals surface area (Å²) >= 11 is 8.39. The molecule has 0 amide bonds. The fourth-order valence-electron chi connectivity index (χ4n) is 3.57. The lowest BCUT2D eigenvalue weighted by molar-refractivity contribution is 0.242. The number of para-hydroxylation sites is 2. The van der Waals surface area contributed by atoms with Gasteiger partial charge in [0.15, 0.2) is 5.75 Å². The van der Waals surface area contributed by atoms with E-state index in [9.17, 15) is 0 Å². The van der Waals surface area contributed by atoms with Crippen LogP contribution in [0.15, 0.2) is 42.5 Å². The van der Waals surface area contributed by atoms with E-state index in [1.807, 2.05) is 36.0 Å². The normalized spacial score (nSPS) is 20.1. The van der Waals surface area contributed by atoms with Crippen molar-refractivity contribution >= 4 is 23.4 Å². The van der Waals surface area contributed by atoms with E-state index in [1.165, 1.54) is 50.0 Å². The van der Waals surface area contributed by atoms with Gasteiger partial charge in [-0.05, 0) is 38.1 Å². The number of likely N-dealkylation sites (tertiary alicyclic amines) is 1. The fraction of sp³-hybridized carbons (Fsp3) is 0.400. The van der Waals surface area contributed by atoms with Gasteiger partial charge in [0, 0.05) is 23.4 Å². The highest BCUT2D eigenvalue weighted by molar-refractivity contribution is 7.99. The van der Waals surface area contributed by atoms with Crippen LogP contribution in [0.4, 0.5) is 0 Å². The average Bonchev–Trinajstić information content (AvgIpc) is 2.63. The van der Waals surface area contributed by atoms with E-state index in [2.05, 4.69) is 23.1 Å². The van der Waals surface area contributed by atoms with Crippen molar-refractivity contribution in [2.45, 2.75) is 24.5 Å². The maximum absolute atomic E-state index is 6.39. The Bertz CT molecular complexity index is 715. The van der Waals surface area contributed by atoms with Gasteiger partial charge in [0.25, 0.3) is 0 Å². The molecule has 0 aromatic heterocycles. The average molecular weight is 360 g/mol. The minimum Gasteiger partial charge on any atom is -0.455 e. The van der Waals surface area contributed by atoms with Crippen LogP contribution in [-0.4, -0.2) is 30.3 Å². The van der Waals surface area contributed by atoms with Crippen LogP contribution in [0.3, 0.4) is 0 Å². The molecule has 126 valence electrons. The van der Waals surface area contributed by atoms with Gasteiger partial charge in [-0.15, -0.1) is 11.8 Å². The number of piperidine rings is 1. The summed E-state index contributed by atoms with van der Waals surface area (Å²) in [5, 5.41) is 0.997. The lowest BCUT2D eigenvalue weighted by Gasteiger charge is -2.30. The Morgan fingerprint density at radius 2 is 1.79 bits per heavy atom. The number of ether oxygens (including phenoxy) is 1. The number of benzene rings is 2. The van der Waals surface area contributed by atoms with Crippen molar-refractivity contribution in [2.24, 2.45) is 0 Å². The molecular weight excluding hydrogens is 338 g/mol. The van der Waals surface area contributed by atoms with Crippen LogP contribution < -0.4 is 4.74 Å². The van der Waals surface area contributed by atoms with Crippen molar-refractivity contribution in [3.8, 4) is 11.5 Å². The zero-order chi connectivity index (χ0) is 16.4. The third-order valence-corrected chi connectivity index (χ3v) is 6.39.